The predicted octanol–water partition coefficient (Wildman–Crippen LogP) is 2.72. The largest absolute Gasteiger partial charge is 0.450 e. The van der Waals surface area contributed by atoms with Crippen molar-refractivity contribution in [2.75, 3.05) is 0 Å². The van der Waals surface area contributed by atoms with Gasteiger partial charge in [-0.1, -0.05) is 18.2 Å². The van der Waals surface area contributed by atoms with Crippen molar-refractivity contribution in [1.29, 1.82) is 0 Å². The van der Waals surface area contributed by atoms with E-state index in [1.165, 1.54) is 0 Å². The molecule has 1 aromatic carbocycles. The lowest BCUT2D eigenvalue weighted by Gasteiger charge is -1.81. The van der Waals surface area contributed by atoms with Crippen molar-refractivity contribution in [2.45, 2.75) is 5.09 Å². The van der Waals surface area contributed by atoms with Gasteiger partial charge in [0, 0.05) is 5.39 Å². The van der Waals surface area contributed by atoms with E-state index in [1.807, 2.05) is 30.3 Å². The maximum absolute atomic E-state index is 5.23. The Hall–Kier alpha value is -0.890. The molecule has 0 aliphatic heterocycles. The molecule has 0 saturated heterocycles. The topological polar surface area (TPSA) is 13.1 Å². The van der Waals surface area contributed by atoms with Crippen LogP contribution in [0.2, 0.25) is 0 Å². The van der Waals surface area contributed by atoms with Crippen LogP contribution in [0.5, 0.6) is 0 Å². The standard InChI is InChI=1S/C8H6OS/c10-8-5-6-3-1-2-4-7(6)9-8/h1-5,10H. The summed E-state index contributed by atoms with van der Waals surface area (Å²) in [4.78, 5) is 0. The van der Waals surface area contributed by atoms with Crippen LogP contribution in [-0.2, 0) is 0 Å². The van der Waals surface area contributed by atoms with Gasteiger partial charge in [0.25, 0.3) is 0 Å². The van der Waals surface area contributed by atoms with Gasteiger partial charge in [-0.25, -0.2) is 0 Å². The van der Waals surface area contributed by atoms with Crippen LogP contribution in [0.1, 0.15) is 0 Å². The SMILES string of the molecule is Sc1cc2ccccc2o1. The van der Waals surface area contributed by atoms with E-state index in [-0.39, 0.29) is 0 Å². The maximum atomic E-state index is 5.23. The molecule has 50 valence electrons. The summed E-state index contributed by atoms with van der Waals surface area (Å²) >= 11 is 4.08. The summed E-state index contributed by atoms with van der Waals surface area (Å²) in [6.45, 7) is 0. The molecule has 2 heteroatoms. The highest BCUT2D eigenvalue weighted by Crippen LogP contribution is 2.20. The van der Waals surface area contributed by atoms with Crippen LogP contribution in [0.3, 0.4) is 0 Å². The summed E-state index contributed by atoms with van der Waals surface area (Å²) in [5, 5.41) is 1.77. The van der Waals surface area contributed by atoms with E-state index in [1.54, 1.807) is 0 Å². The molecule has 1 heterocycles. The molecule has 0 bridgehead atoms. The molecule has 1 nitrogen and oxygen atoms in total. The zero-order valence-corrected chi connectivity index (χ0v) is 6.14. The normalized spacial score (nSPS) is 10.5. The molecule has 0 fully saturated rings. The Labute approximate surface area is 64.1 Å². The smallest absolute Gasteiger partial charge is 0.158 e. The highest BCUT2D eigenvalue weighted by molar-refractivity contribution is 7.80. The third-order valence-electron chi connectivity index (χ3n) is 1.41. The van der Waals surface area contributed by atoms with E-state index in [0.29, 0.717) is 5.09 Å². The Morgan fingerprint density at radius 1 is 1.20 bits per heavy atom. The monoisotopic (exact) mass is 150 g/mol. The van der Waals surface area contributed by atoms with Gasteiger partial charge in [0.15, 0.2) is 5.09 Å². The molecule has 2 aromatic rings. The Morgan fingerprint density at radius 3 is 2.80 bits per heavy atom. The quantitative estimate of drug-likeness (QED) is 0.570. The minimum Gasteiger partial charge on any atom is -0.450 e. The first kappa shape index (κ1) is 5.86. The van der Waals surface area contributed by atoms with E-state index < -0.39 is 0 Å². The zero-order valence-electron chi connectivity index (χ0n) is 5.24. The molecule has 0 atom stereocenters. The zero-order chi connectivity index (χ0) is 6.97. The predicted molar refractivity (Wildman–Crippen MR) is 43.5 cm³/mol. The lowest BCUT2D eigenvalue weighted by Crippen LogP contribution is -1.57. The van der Waals surface area contributed by atoms with Gasteiger partial charge in [-0.2, -0.15) is 0 Å². The van der Waals surface area contributed by atoms with Gasteiger partial charge in [-0.15, -0.1) is 12.6 Å². The first-order valence-corrected chi connectivity index (χ1v) is 3.48. The van der Waals surface area contributed by atoms with Gasteiger partial charge in [-0.05, 0) is 12.1 Å². The minimum absolute atomic E-state index is 0.668. The Morgan fingerprint density at radius 2 is 2.00 bits per heavy atom. The molecule has 0 spiro atoms. The van der Waals surface area contributed by atoms with Gasteiger partial charge in [-0.3, -0.25) is 0 Å². The van der Waals surface area contributed by atoms with Gasteiger partial charge < -0.3 is 4.42 Å². The fourth-order valence-corrected chi connectivity index (χ4v) is 1.21. The average molecular weight is 150 g/mol. The second-order valence-corrected chi connectivity index (χ2v) is 2.56. The van der Waals surface area contributed by atoms with E-state index in [0.717, 1.165) is 11.0 Å². The number of hydrogen-bond acceptors (Lipinski definition) is 2. The van der Waals surface area contributed by atoms with Gasteiger partial charge in [0.2, 0.25) is 0 Å². The first-order valence-electron chi connectivity index (χ1n) is 3.04. The molecule has 0 amide bonds. The fourth-order valence-electron chi connectivity index (χ4n) is 0.968. The van der Waals surface area contributed by atoms with Crippen molar-refractivity contribution in [2.24, 2.45) is 0 Å². The number of thiol groups is 1. The summed E-state index contributed by atoms with van der Waals surface area (Å²) < 4.78 is 5.23. The van der Waals surface area contributed by atoms with E-state index in [4.69, 9.17) is 4.42 Å². The van der Waals surface area contributed by atoms with Crippen LogP contribution in [0.25, 0.3) is 11.0 Å². The number of benzene rings is 1. The molecule has 0 aliphatic rings. The Bertz CT molecular complexity index is 318. The summed E-state index contributed by atoms with van der Waals surface area (Å²) in [6.07, 6.45) is 0. The van der Waals surface area contributed by atoms with Crippen LogP contribution in [-0.4, -0.2) is 0 Å². The molecule has 0 radical (unpaired) electrons. The van der Waals surface area contributed by atoms with Gasteiger partial charge in [0.05, 0.1) is 0 Å². The Kier molecular flexibility index (Phi) is 1.21. The van der Waals surface area contributed by atoms with Crippen LogP contribution < -0.4 is 0 Å². The Balaban J connectivity index is 2.88. The van der Waals surface area contributed by atoms with E-state index in [9.17, 15) is 0 Å². The number of fused-ring (bicyclic) bond motifs is 1. The van der Waals surface area contributed by atoms with Crippen molar-refractivity contribution in [3.8, 4) is 0 Å². The van der Waals surface area contributed by atoms with E-state index >= 15 is 0 Å². The molecule has 0 aliphatic carbocycles. The molecule has 1 aromatic heterocycles. The molecular formula is C8H6OS. The molecule has 0 unspecified atom stereocenters. The lowest BCUT2D eigenvalue weighted by molar-refractivity contribution is 0.517. The van der Waals surface area contributed by atoms with Crippen LogP contribution in [0.4, 0.5) is 0 Å². The number of para-hydroxylation sites is 1. The van der Waals surface area contributed by atoms with Crippen molar-refractivity contribution in [3.63, 3.8) is 0 Å². The third kappa shape index (κ3) is 0.809. The average Bonchev–Trinajstić information content (AvgIpc) is 2.27. The first-order chi connectivity index (χ1) is 4.86. The van der Waals surface area contributed by atoms with Crippen molar-refractivity contribution >= 4 is 23.6 Å². The van der Waals surface area contributed by atoms with Crippen LogP contribution >= 0.6 is 12.6 Å². The van der Waals surface area contributed by atoms with Gasteiger partial charge in [0.1, 0.15) is 5.58 Å². The second kappa shape index (κ2) is 2.06. The number of hydrogen-bond donors (Lipinski definition) is 1. The summed E-state index contributed by atoms with van der Waals surface area (Å²) in [7, 11) is 0. The van der Waals surface area contributed by atoms with Crippen LogP contribution in [0.15, 0.2) is 39.8 Å². The highest BCUT2D eigenvalue weighted by Gasteiger charge is 1.96. The lowest BCUT2D eigenvalue weighted by atomic mass is 10.3. The fraction of sp³-hybridized carbons (Fsp3) is 0. The van der Waals surface area contributed by atoms with Gasteiger partial charge >= 0.3 is 0 Å². The highest BCUT2D eigenvalue weighted by atomic mass is 32.1. The molecule has 0 saturated carbocycles. The minimum atomic E-state index is 0.668. The summed E-state index contributed by atoms with van der Waals surface area (Å²) in [5.41, 5.74) is 0.896. The summed E-state index contributed by atoms with van der Waals surface area (Å²) in [5.74, 6) is 0. The van der Waals surface area contributed by atoms with Crippen molar-refractivity contribution in [3.05, 3.63) is 30.3 Å². The molecule has 10 heavy (non-hydrogen) atoms. The van der Waals surface area contributed by atoms with E-state index in [2.05, 4.69) is 12.6 Å². The second-order valence-electron chi connectivity index (χ2n) is 2.12. The molecular weight excluding hydrogens is 144 g/mol. The van der Waals surface area contributed by atoms with Crippen molar-refractivity contribution < 1.29 is 4.42 Å². The maximum Gasteiger partial charge on any atom is 0.158 e. The summed E-state index contributed by atoms with van der Waals surface area (Å²) in [6, 6.07) is 9.75. The number of rotatable bonds is 0. The third-order valence-corrected chi connectivity index (χ3v) is 1.63. The molecule has 0 N–H and O–H groups in total. The molecule has 2 rings (SSSR count). The number of furan rings is 1. The van der Waals surface area contributed by atoms with Crippen LogP contribution in [0, 0.1) is 0 Å². The van der Waals surface area contributed by atoms with Crippen molar-refractivity contribution in [1.82, 2.24) is 0 Å².